The maximum atomic E-state index is 13.1. The van der Waals surface area contributed by atoms with Crippen LogP contribution in [0.25, 0.3) is 0 Å². The molecule has 2 aliphatic heterocycles. The number of aliphatic hydroxyl groups excluding tert-OH is 3. The van der Waals surface area contributed by atoms with Gasteiger partial charge in [-0.05, 0) is 38.2 Å². The smallest absolute Gasteiger partial charge is 0.305 e. The van der Waals surface area contributed by atoms with Crippen molar-refractivity contribution in [1.82, 2.24) is 26.0 Å². The van der Waals surface area contributed by atoms with Gasteiger partial charge in [-0.15, -0.1) is 11.6 Å². The zero-order valence-corrected chi connectivity index (χ0v) is 21.9. The van der Waals surface area contributed by atoms with Crippen molar-refractivity contribution >= 4 is 35.7 Å². The Morgan fingerprint density at radius 2 is 1.95 bits per heavy atom. The number of hydrogen-bond donors (Lipinski definition) is 7. The van der Waals surface area contributed by atoms with Crippen LogP contribution < -0.4 is 16.0 Å². The molecule has 5 unspecified atom stereocenters. The number of carbonyl (C=O) groups excluding carboxylic acids is 3. The number of hydrogen-bond acceptors (Lipinski definition) is 10. The van der Waals surface area contributed by atoms with E-state index >= 15 is 0 Å². The number of carbonyl (C=O) groups is 4. The Bertz CT molecular complexity index is 962. The van der Waals surface area contributed by atoms with E-state index in [-0.39, 0.29) is 31.6 Å². The molecule has 3 rings (SSSR count). The molecule has 0 spiro atoms. The van der Waals surface area contributed by atoms with E-state index in [2.05, 4.69) is 16.0 Å². The van der Waals surface area contributed by atoms with E-state index in [1.165, 1.54) is 10.0 Å². The Morgan fingerprint density at radius 3 is 2.58 bits per heavy atom. The van der Waals surface area contributed by atoms with Crippen LogP contribution in [0.3, 0.4) is 0 Å². The molecular formula is C24H36ClN5O8. The van der Waals surface area contributed by atoms with Crippen LogP contribution in [0.5, 0.6) is 0 Å². The molecule has 0 radical (unpaired) electrons. The third-order valence-electron chi connectivity index (χ3n) is 6.96. The van der Waals surface area contributed by atoms with E-state index in [1.54, 1.807) is 19.1 Å². The summed E-state index contributed by atoms with van der Waals surface area (Å²) in [4.78, 5) is 47.1. The highest BCUT2D eigenvalue weighted by Gasteiger charge is 2.45. The Labute approximate surface area is 225 Å². The molecule has 7 N–H and O–H groups in total. The van der Waals surface area contributed by atoms with Crippen molar-refractivity contribution in [1.29, 1.82) is 0 Å². The highest BCUT2D eigenvalue weighted by atomic mass is 35.5. The lowest BCUT2D eigenvalue weighted by atomic mass is 10.00. The largest absolute Gasteiger partial charge is 0.481 e. The normalized spacial score (nSPS) is 30.1. The van der Waals surface area contributed by atoms with Crippen LogP contribution in [0.4, 0.5) is 0 Å². The predicted octanol–water partition coefficient (Wildman–Crippen LogP) is -1.12. The molecule has 2 amide bonds. The van der Waals surface area contributed by atoms with Gasteiger partial charge in [-0.1, -0.05) is 13.0 Å². The lowest BCUT2D eigenvalue weighted by molar-refractivity contribution is -0.249. The van der Waals surface area contributed by atoms with Gasteiger partial charge in [-0.2, -0.15) is 0 Å². The first-order valence-electron chi connectivity index (χ1n) is 12.7. The number of rotatable bonds is 10. The van der Waals surface area contributed by atoms with Crippen LogP contribution >= 0.6 is 11.6 Å². The second-order valence-electron chi connectivity index (χ2n) is 9.64. The number of halogens is 1. The minimum Gasteiger partial charge on any atom is -0.481 e. The molecule has 1 aliphatic carbocycles. The van der Waals surface area contributed by atoms with Crippen LogP contribution in [-0.2, 0) is 19.2 Å². The number of fused-ring (bicyclic) bond motifs is 1. The molecule has 0 aromatic rings. The first-order valence-corrected chi connectivity index (χ1v) is 13.2. The van der Waals surface area contributed by atoms with E-state index < -0.39 is 60.5 Å². The minimum atomic E-state index is -1.40. The summed E-state index contributed by atoms with van der Waals surface area (Å²) in [6.07, 6.45) is 1.13. The number of aldehydes is 1. The van der Waals surface area contributed by atoms with Gasteiger partial charge >= 0.3 is 5.97 Å². The quantitative estimate of drug-likeness (QED) is 0.0977. The number of carboxylic acid groups (broad SMARTS) is 1. The molecule has 0 bridgehead atoms. The van der Waals surface area contributed by atoms with E-state index in [1.807, 2.05) is 0 Å². The summed E-state index contributed by atoms with van der Waals surface area (Å²) in [5, 5.41) is 52.4. The molecule has 13 nitrogen and oxygen atoms in total. The fourth-order valence-corrected chi connectivity index (χ4v) is 5.24. The minimum absolute atomic E-state index is 0.159. The van der Waals surface area contributed by atoms with Crippen molar-refractivity contribution in [2.24, 2.45) is 0 Å². The van der Waals surface area contributed by atoms with Gasteiger partial charge < -0.3 is 35.9 Å². The van der Waals surface area contributed by atoms with Gasteiger partial charge in [0.1, 0.15) is 25.0 Å². The van der Waals surface area contributed by atoms with E-state index in [4.69, 9.17) is 16.7 Å². The Hall–Kier alpha value is -2.39. The highest BCUT2D eigenvalue weighted by Crippen LogP contribution is 2.31. The van der Waals surface area contributed by atoms with Gasteiger partial charge in [0.15, 0.2) is 0 Å². The van der Waals surface area contributed by atoms with Crippen molar-refractivity contribution in [2.45, 2.75) is 94.1 Å². The number of nitrogens with one attached hydrogen (secondary N) is 3. The standard InChI is InChI=1S/C24H36ClN5O8/c1-2-19(32)27-16-6-5-13(10-15(16)25)22(36)28-17-7-8-20(33)29-9-3-4-18(30(29)24(17)38)23(37)26-14(12-31)11-21(34)35/h5-6,12,14-15,17-18,20,23-24,26,33,37-38H,2-4,7-11H2,1H3,(H,27,32)(H,28,36)(H,34,35)/t14-,15?,17?,18-,20?,23?,24?/m0/s1. The number of nitrogens with zero attached hydrogens (tertiary/aromatic N) is 2. The number of alkyl halides is 1. The predicted molar refractivity (Wildman–Crippen MR) is 135 cm³/mol. The van der Waals surface area contributed by atoms with Crippen LogP contribution in [0.2, 0.25) is 0 Å². The number of aliphatic hydroxyl groups is 3. The SMILES string of the molecule is CCC(=O)NC1=CC=C(C(=O)NC2CCC(O)N3CCC[C@@H](C(O)N[C@H](C=O)CC(=O)O)N3C2O)CC1Cl. The topological polar surface area (TPSA) is 192 Å². The summed E-state index contributed by atoms with van der Waals surface area (Å²) in [7, 11) is 0. The van der Waals surface area contributed by atoms with Gasteiger partial charge in [-0.25, -0.2) is 10.0 Å². The molecular weight excluding hydrogens is 522 g/mol. The van der Waals surface area contributed by atoms with Crippen molar-refractivity contribution in [3.63, 3.8) is 0 Å². The van der Waals surface area contributed by atoms with Gasteiger partial charge in [0.25, 0.3) is 0 Å². The molecule has 2 heterocycles. The summed E-state index contributed by atoms with van der Waals surface area (Å²) < 4.78 is 0. The van der Waals surface area contributed by atoms with Crippen molar-refractivity contribution < 1.29 is 39.6 Å². The zero-order valence-electron chi connectivity index (χ0n) is 21.1. The van der Waals surface area contributed by atoms with Crippen molar-refractivity contribution in [3.8, 4) is 0 Å². The summed E-state index contributed by atoms with van der Waals surface area (Å²) in [6.45, 7) is 2.11. The van der Waals surface area contributed by atoms with E-state index in [9.17, 15) is 34.5 Å². The Balaban J connectivity index is 1.75. The zero-order chi connectivity index (χ0) is 28.0. The number of carboxylic acids is 1. The summed E-state index contributed by atoms with van der Waals surface area (Å²) in [5.74, 6) is -1.87. The highest BCUT2D eigenvalue weighted by molar-refractivity contribution is 6.23. The number of hydrazine groups is 1. The average molecular weight is 558 g/mol. The molecule has 0 aromatic carbocycles. The second-order valence-corrected chi connectivity index (χ2v) is 10.2. The first-order chi connectivity index (χ1) is 18.0. The van der Waals surface area contributed by atoms with Gasteiger partial charge in [0.2, 0.25) is 11.8 Å². The average Bonchev–Trinajstić information content (AvgIpc) is 3.00. The molecule has 14 heteroatoms. The molecule has 38 heavy (non-hydrogen) atoms. The number of aliphatic carboxylic acids is 1. The van der Waals surface area contributed by atoms with Crippen LogP contribution in [-0.4, -0.2) is 103 Å². The van der Waals surface area contributed by atoms with E-state index in [0.29, 0.717) is 36.9 Å². The second kappa shape index (κ2) is 13.6. The fourth-order valence-electron chi connectivity index (χ4n) is 4.94. The monoisotopic (exact) mass is 557 g/mol. The molecule has 0 saturated carbocycles. The van der Waals surface area contributed by atoms with Gasteiger partial charge in [-0.3, -0.25) is 19.7 Å². The van der Waals surface area contributed by atoms with E-state index in [0.717, 1.165) is 0 Å². The van der Waals surface area contributed by atoms with Crippen LogP contribution in [0.1, 0.15) is 51.9 Å². The third-order valence-corrected chi connectivity index (χ3v) is 7.35. The third kappa shape index (κ3) is 7.38. The summed E-state index contributed by atoms with van der Waals surface area (Å²) >= 11 is 6.37. The molecule has 2 fully saturated rings. The van der Waals surface area contributed by atoms with Crippen LogP contribution in [0.15, 0.2) is 23.4 Å². The first kappa shape index (κ1) is 30.2. The molecule has 2 saturated heterocycles. The summed E-state index contributed by atoms with van der Waals surface area (Å²) in [5.41, 5.74) is 0.852. The van der Waals surface area contributed by atoms with Gasteiger partial charge in [0.05, 0.1) is 29.9 Å². The molecule has 7 atom stereocenters. The number of allylic oxidation sites excluding steroid dienone is 3. The fraction of sp³-hybridized carbons (Fsp3) is 0.667. The Kier molecular flexibility index (Phi) is 10.8. The van der Waals surface area contributed by atoms with Crippen LogP contribution in [0, 0.1) is 0 Å². The molecule has 212 valence electrons. The maximum Gasteiger partial charge on any atom is 0.305 e. The van der Waals surface area contributed by atoms with Crippen molar-refractivity contribution in [3.05, 3.63) is 23.4 Å². The van der Waals surface area contributed by atoms with Crippen molar-refractivity contribution in [2.75, 3.05) is 6.54 Å². The Morgan fingerprint density at radius 1 is 1.21 bits per heavy atom. The lowest BCUT2D eigenvalue weighted by Gasteiger charge is -2.49. The van der Waals surface area contributed by atoms with Gasteiger partial charge in [0, 0.05) is 24.2 Å². The maximum absolute atomic E-state index is 13.1. The molecule has 0 aromatic heterocycles. The lowest BCUT2D eigenvalue weighted by Crippen LogP contribution is -2.67. The number of amides is 2. The molecule has 3 aliphatic rings. The summed E-state index contributed by atoms with van der Waals surface area (Å²) in [6, 6.07) is -2.78.